The molecule has 4 aromatic rings. The summed E-state index contributed by atoms with van der Waals surface area (Å²) in [5.41, 5.74) is 3.76. The number of hydrogen-bond acceptors (Lipinski definition) is 8. The summed E-state index contributed by atoms with van der Waals surface area (Å²) in [5, 5.41) is 5.41. The zero-order chi connectivity index (χ0) is 35.3. The van der Waals surface area contributed by atoms with Crippen LogP contribution in [0.25, 0.3) is 22.0 Å². The molecule has 3 aromatic heterocycles. The predicted molar refractivity (Wildman–Crippen MR) is 188 cm³/mol. The number of rotatable bonds is 5. The van der Waals surface area contributed by atoms with Crippen molar-refractivity contribution < 1.29 is 23.6 Å². The largest absolute Gasteiger partial charge is 0.327 e. The van der Waals surface area contributed by atoms with Crippen LogP contribution in [-0.2, 0) is 33.8 Å². The lowest BCUT2D eigenvalue weighted by molar-refractivity contribution is -0.139. The Bertz CT molecular complexity index is 2030. The summed E-state index contributed by atoms with van der Waals surface area (Å²) in [6.45, 7) is 5.16. The average molecular weight is 744 g/mol. The van der Waals surface area contributed by atoms with E-state index < -0.39 is 11.9 Å². The van der Waals surface area contributed by atoms with Gasteiger partial charge >= 0.3 is 0 Å². The summed E-state index contributed by atoms with van der Waals surface area (Å²) >= 11 is 3.11. The smallest absolute Gasteiger partial charge is 0.245 e. The van der Waals surface area contributed by atoms with Crippen molar-refractivity contribution in [3.8, 4) is 11.1 Å². The normalized spacial score (nSPS) is 24.3. The van der Waals surface area contributed by atoms with E-state index in [2.05, 4.69) is 36.9 Å². The van der Waals surface area contributed by atoms with Crippen molar-refractivity contribution in [3.63, 3.8) is 0 Å². The molecule has 0 spiro atoms. The Kier molecular flexibility index (Phi) is 9.25. The van der Waals surface area contributed by atoms with Crippen LogP contribution >= 0.6 is 15.9 Å². The molecule has 2 bridgehead atoms. The molecule has 10 nitrogen and oxygen atoms in total. The number of piperidine rings is 1. The van der Waals surface area contributed by atoms with Gasteiger partial charge in [-0.1, -0.05) is 19.8 Å². The molecule has 1 amide bonds. The van der Waals surface area contributed by atoms with Gasteiger partial charge in [0.2, 0.25) is 5.91 Å². The van der Waals surface area contributed by atoms with Crippen molar-refractivity contribution in [1.82, 2.24) is 29.6 Å². The Balaban J connectivity index is 1.29. The molecule has 0 N–H and O–H groups in total. The highest BCUT2D eigenvalue weighted by atomic mass is 79.9. The van der Waals surface area contributed by atoms with Gasteiger partial charge in [-0.2, -0.15) is 5.10 Å². The molecule has 5 heterocycles. The number of aromatic nitrogens is 5. The van der Waals surface area contributed by atoms with Crippen molar-refractivity contribution in [2.75, 3.05) is 0 Å². The first kappa shape index (κ1) is 34.3. The van der Waals surface area contributed by atoms with Gasteiger partial charge in [0.15, 0.2) is 17.4 Å². The number of aryl methyl sites for hydroxylation is 2. The second kappa shape index (κ2) is 13.5. The molecule has 2 fully saturated rings. The van der Waals surface area contributed by atoms with Crippen LogP contribution in [0.2, 0.25) is 0 Å². The zero-order valence-corrected chi connectivity index (χ0v) is 30.1. The highest BCUT2D eigenvalue weighted by Crippen LogP contribution is 2.62. The second-order valence-corrected chi connectivity index (χ2v) is 15.2. The molecule has 2 aliphatic heterocycles. The Morgan fingerprint density at radius 2 is 1.82 bits per heavy atom. The fourth-order valence-corrected chi connectivity index (χ4v) is 8.45. The van der Waals surface area contributed by atoms with Crippen LogP contribution in [0.15, 0.2) is 41.3 Å². The molecule has 1 aliphatic carbocycles. The number of amides is 1. The van der Waals surface area contributed by atoms with Crippen LogP contribution in [0, 0.1) is 24.1 Å². The third-order valence-corrected chi connectivity index (χ3v) is 11.5. The van der Waals surface area contributed by atoms with E-state index in [9.17, 15) is 23.6 Å². The summed E-state index contributed by atoms with van der Waals surface area (Å²) in [7, 11) is 0. The first-order chi connectivity index (χ1) is 23.9. The predicted octanol–water partition coefficient (Wildman–Crippen LogP) is 6.57. The van der Waals surface area contributed by atoms with Crippen molar-refractivity contribution >= 4 is 50.1 Å². The highest BCUT2D eigenvalue weighted by molar-refractivity contribution is 9.10. The quantitative estimate of drug-likeness (QED) is 0.166. The van der Waals surface area contributed by atoms with Gasteiger partial charge in [0, 0.05) is 54.3 Å². The van der Waals surface area contributed by atoms with E-state index in [4.69, 9.17) is 5.10 Å². The number of benzene rings is 1. The molecule has 1 saturated heterocycles. The standard InChI is InChI=1S/C38H40BrFN6O4/c1-21-7-5-4-6-8-24-13-25(26-18-41-23(3)42-19-26)14-28-35(22(2)47)44-45(36(24)28)20-34(50)46-30(16-38(17-33(38)46)12-11-31(21)48)32(49)15-27-9-10-29(40)37(39)43-27/h9-10,13-14,18-19,21,30,33H,4-8,11-12,15-17,20H2,1-3H3/t21-,30+,33-,38+/m1/s1. The van der Waals surface area contributed by atoms with Gasteiger partial charge in [-0.05, 0) is 102 Å². The van der Waals surface area contributed by atoms with Gasteiger partial charge in [0.25, 0.3) is 0 Å². The Morgan fingerprint density at radius 3 is 2.56 bits per heavy atom. The van der Waals surface area contributed by atoms with Crippen molar-refractivity contribution in [1.29, 1.82) is 0 Å². The third-order valence-electron chi connectivity index (χ3n) is 11.0. The lowest BCUT2D eigenvalue weighted by Gasteiger charge is -2.27. The number of carbonyl (C=O) groups excluding carboxylic acids is 4. The highest BCUT2D eigenvalue weighted by Gasteiger charge is 2.66. The van der Waals surface area contributed by atoms with E-state index >= 15 is 0 Å². The minimum Gasteiger partial charge on any atom is -0.327 e. The van der Waals surface area contributed by atoms with Crippen LogP contribution in [0.3, 0.4) is 0 Å². The summed E-state index contributed by atoms with van der Waals surface area (Å²) < 4.78 is 15.6. The lowest BCUT2D eigenvalue weighted by Crippen LogP contribution is -2.45. The van der Waals surface area contributed by atoms with Gasteiger partial charge in [0.05, 0.1) is 18.0 Å². The maximum absolute atomic E-state index is 14.5. The average Bonchev–Trinajstić information content (AvgIpc) is 3.49. The van der Waals surface area contributed by atoms with Crippen molar-refractivity contribution in [2.24, 2.45) is 11.3 Å². The number of Topliss-reactive ketones (excluding diaryl/α,β-unsaturated/α-hetero) is 3. The number of halogens is 2. The molecular formula is C38H40BrFN6O4. The van der Waals surface area contributed by atoms with E-state index in [1.807, 2.05) is 19.9 Å². The monoisotopic (exact) mass is 742 g/mol. The molecule has 7 rings (SSSR count). The number of hydrogen-bond donors (Lipinski definition) is 0. The van der Waals surface area contributed by atoms with Gasteiger partial charge < -0.3 is 4.90 Å². The van der Waals surface area contributed by atoms with Crippen LogP contribution in [-0.4, -0.2) is 65.0 Å². The minimum atomic E-state index is -0.708. The summed E-state index contributed by atoms with van der Waals surface area (Å²) in [5.74, 6) is -0.338. The van der Waals surface area contributed by atoms with Crippen LogP contribution in [0.5, 0.6) is 0 Å². The molecule has 1 aromatic carbocycles. The van der Waals surface area contributed by atoms with E-state index in [0.29, 0.717) is 42.6 Å². The van der Waals surface area contributed by atoms with Crippen LogP contribution in [0.1, 0.15) is 92.8 Å². The summed E-state index contributed by atoms with van der Waals surface area (Å²) in [6, 6.07) is 5.87. The van der Waals surface area contributed by atoms with Crippen LogP contribution in [0.4, 0.5) is 4.39 Å². The first-order valence-electron chi connectivity index (χ1n) is 17.4. The maximum Gasteiger partial charge on any atom is 0.245 e. The van der Waals surface area contributed by atoms with E-state index in [-0.39, 0.29) is 63.9 Å². The topological polar surface area (TPSA) is 128 Å². The molecule has 0 unspecified atom stereocenters. The molecule has 3 aliphatic rings. The van der Waals surface area contributed by atoms with Crippen molar-refractivity contribution in [2.45, 2.75) is 104 Å². The summed E-state index contributed by atoms with van der Waals surface area (Å²) in [4.78, 5) is 69.3. The molecule has 50 heavy (non-hydrogen) atoms. The van der Waals surface area contributed by atoms with Crippen LogP contribution < -0.4 is 0 Å². The third kappa shape index (κ3) is 6.54. The minimum absolute atomic E-state index is 0.0305. The van der Waals surface area contributed by atoms with E-state index in [1.54, 1.807) is 22.0 Å². The molecule has 12 heteroatoms. The van der Waals surface area contributed by atoms with Gasteiger partial charge in [-0.15, -0.1) is 0 Å². The zero-order valence-electron chi connectivity index (χ0n) is 28.5. The second-order valence-electron chi connectivity index (χ2n) is 14.4. The molecule has 0 radical (unpaired) electrons. The van der Waals surface area contributed by atoms with Gasteiger partial charge in [-0.25, -0.2) is 19.3 Å². The number of ketones is 3. The molecule has 260 valence electrons. The molecule has 4 atom stereocenters. The Labute approximate surface area is 298 Å². The first-order valence-corrected chi connectivity index (χ1v) is 18.2. The Hall–Kier alpha value is -4.19. The summed E-state index contributed by atoms with van der Waals surface area (Å²) in [6.07, 6.45) is 9.94. The SMILES string of the molecule is CC(=O)c1nn2c3c(cc(-c4cnc(C)nc4)cc13)CCCCC[C@@H](C)C(=O)CC[C@@]13C[C@@H](C(=O)Cc4ccc(F)c(Br)n4)N(C(=O)C2)[C@@H]1C3. The fraction of sp³-hybridized carbons (Fsp3) is 0.474. The molecular weight excluding hydrogens is 703 g/mol. The van der Waals surface area contributed by atoms with Gasteiger partial charge in [0.1, 0.15) is 28.4 Å². The number of pyridine rings is 1. The van der Waals surface area contributed by atoms with Gasteiger partial charge in [-0.3, -0.25) is 23.9 Å². The molecule has 1 saturated carbocycles. The Morgan fingerprint density at radius 1 is 1.04 bits per heavy atom. The maximum atomic E-state index is 14.5. The fourth-order valence-electron chi connectivity index (χ4n) is 8.09. The lowest BCUT2D eigenvalue weighted by atomic mass is 9.88. The number of nitrogens with zero attached hydrogens (tertiary/aromatic N) is 6. The number of carbonyl (C=O) groups is 4. The van der Waals surface area contributed by atoms with Crippen molar-refractivity contribution in [3.05, 3.63) is 69.9 Å². The van der Waals surface area contributed by atoms with E-state index in [1.165, 1.54) is 19.1 Å². The van der Waals surface area contributed by atoms with E-state index in [0.717, 1.165) is 54.3 Å².